The fourth-order valence-corrected chi connectivity index (χ4v) is 5.37. The molecule has 1 heterocycles. The van der Waals surface area contributed by atoms with E-state index in [0.717, 1.165) is 28.1 Å². The lowest BCUT2D eigenvalue weighted by Crippen LogP contribution is -2.33. The van der Waals surface area contributed by atoms with Crippen LogP contribution in [0.1, 0.15) is 22.3 Å². The molecule has 34 heavy (non-hydrogen) atoms. The molecule has 176 valence electrons. The maximum atomic E-state index is 13.6. The van der Waals surface area contributed by atoms with Crippen LogP contribution in [0, 0.1) is 6.92 Å². The number of halogens is 3. The summed E-state index contributed by atoms with van der Waals surface area (Å²) in [6.45, 7) is 1.27. The van der Waals surface area contributed by atoms with Crippen molar-refractivity contribution in [2.24, 2.45) is 0 Å². The van der Waals surface area contributed by atoms with Crippen LogP contribution in [0.2, 0.25) is 0 Å². The van der Waals surface area contributed by atoms with Gasteiger partial charge >= 0.3 is 6.18 Å². The van der Waals surface area contributed by atoms with Gasteiger partial charge in [0.1, 0.15) is 0 Å². The van der Waals surface area contributed by atoms with Gasteiger partial charge in [-0.25, -0.2) is 8.42 Å². The van der Waals surface area contributed by atoms with E-state index < -0.39 is 38.8 Å². The van der Waals surface area contributed by atoms with Gasteiger partial charge in [0.2, 0.25) is 10.0 Å². The van der Waals surface area contributed by atoms with Crippen LogP contribution in [0.3, 0.4) is 0 Å². The van der Waals surface area contributed by atoms with E-state index in [2.05, 4.69) is 4.98 Å². The first-order chi connectivity index (χ1) is 16.1. The van der Waals surface area contributed by atoms with Crippen LogP contribution in [0.15, 0.2) is 88.6 Å². The Hall–Kier alpha value is -3.43. The third kappa shape index (κ3) is 4.90. The second-order valence-corrected chi connectivity index (χ2v) is 9.87. The van der Waals surface area contributed by atoms with Crippen LogP contribution in [0.25, 0.3) is 10.9 Å². The second-order valence-electron chi connectivity index (χ2n) is 7.97. The van der Waals surface area contributed by atoms with Gasteiger partial charge < -0.3 is 4.98 Å². The number of hydrogen-bond acceptors (Lipinski definition) is 3. The number of aromatic nitrogens is 1. The first kappa shape index (κ1) is 23.7. The maximum Gasteiger partial charge on any atom is 0.417 e. The first-order valence-corrected chi connectivity index (χ1v) is 11.8. The fourth-order valence-electron chi connectivity index (χ4n) is 3.76. The first-order valence-electron chi connectivity index (χ1n) is 10.4. The maximum absolute atomic E-state index is 13.6. The van der Waals surface area contributed by atoms with Crippen molar-refractivity contribution in [1.82, 2.24) is 9.29 Å². The second kappa shape index (κ2) is 9.08. The number of alkyl halides is 3. The Morgan fingerprint density at radius 3 is 2.26 bits per heavy atom. The monoisotopic (exact) mass is 486 g/mol. The Morgan fingerprint density at radius 1 is 0.882 bits per heavy atom. The third-order valence-corrected chi connectivity index (χ3v) is 7.29. The highest BCUT2D eigenvalue weighted by Crippen LogP contribution is 2.35. The van der Waals surface area contributed by atoms with Gasteiger partial charge in [-0.05, 0) is 48.2 Å². The van der Waals surface area contributed by atoms with Gasteiger partial charge in [-0.2, -0.15) is 17.5 Å². The molecular formula is C25H21F3N2O3S. The molecule has 0 bridgehead atoms. The molecule has 0 aliphatic carbocycles. The van der Waals surface area contributed by atoms with Gasteiger partial charge in [-0.15, -0.1) is 0 Å². The Labute approximate surface area is 194 Å². The van der Waals surface area contributed by atoms with E-state index in [4.69, 9.17) is 0 Å². The largest absolute Gasteiger partial charge is 0.417 e. The zero-order chi connectivity index (χ0) is 24.5. The number of H-pyrrole nitrogens is 1. The molecule has 0 unspecified atom stereocenters. The average Bonchev–Trinajstić information content (AvgIpc) is 2.79. The fraction of sp³-hybridized carbons (Fsp3) is 0.160. The van der Waals surface area contributed by atoms with Crippen molar-refractivity contribution < 1.29 is 21.6 Å². The molecule has 4 rings (SSSR count). The number of aromatic amines is 1. The number of hydrogen-bond donors (Lipinski definition) is 1. The van der Waals surface area contributed by atoms with Crippen molar-refractivity contribution in [1.29, 1.82) is 0 Å². The SMILES string of the molecule is Cc1ccc2[nH]c(=O)c(CN(Cc3ccccc3)S(=O)(=O)c3ccccc3C(F)(F)F)cc2c1. The van der Waals surface area contributed by atoms with Crippen molar-refractivity contribution in [3.05, 3.63) is 111 Å². The van der Waals surface area contributed by atoms with Gasteiger partial charge in [0.25, 0.3) is 5.56 Å². The minimum Gasteiger partial charge on any atom is -0.322 e. The van der Waals surface area contributed by atoms with E-state index in [-0.39, 0.29) is 12.1 Å². The predicted molar refractivity (Wildman–Crippen MR) is 124 cm³/mol. The molecule has 5 nitrogen and oxygen atoms in total. The number of fused-ring (bicyclic) bond motifs is 1. The van der Waals surface area contributed by atoms with Crippen molar-refractivity contribution in [3.8, 4) is 0 Å². The normalized spacial score (nSPS) is 12.4. The van der Waals surface area contributed by atoms with Gasteiger partial charge in [0, 0.05) is 24.2 Å². The topological polar surface area (TPSA) is 70.2 Å². The molecular weight excluding hydrogens is 465 g/mol. The molecule has 0 amide bonds. The molecule has 9 heteroatoms. The lowest BCUT2D eigenvalue weighted by atomic mass is 10.1. The minimum atomic E-state index is -4.86. The van der Waals surface area contributed by atoms with Gasteiger partial charge in [0.15, 0.2) is 0 Å². The zero-order valence-electron chi connectivity index (χ0n) is 18.1. The molecule has 0 aliphatic rings. The smallest absolute Gasteiger partial charge is 0.322 e. The summed E-state index contributed by atoms with van der Waals surface area (Å²) in [7, 11) is -4.63. The van der Waals surface area contributed by atoms with Crippen LogP contribution < -0.4 is 5.56 Å². The highest BCUT2D eigenvalue weighted by molar-refractivity contribution is 7.89. The minimum absolute atomic E-state index is 0.127. The molecule has 0 fully saturated rings. The summed E-state index contributed by atoms with van der Waals surface area (Å²) in [5.41, 5.74) is 0.466. The summed E-state index contributed by atoms with van der Waals surface area (Å²) < 4.78 is 68.9. The van der Waals surface area contributed by atoms with Gasteiger partial charge in [0.05, 0.1) is 10.5 Å². The van der Waals surface area contributed by atoms with E-state index in [0.29, 0.717) is 16.5 Å². The number of aryl methyl sites for hydroxylation is 1. The Morgan fingerprint density at radius 2 is 1.56 bits per heavy atom. The summed E-state index contributed by atoms with van der Waals surface area (Å²) in [5.74, 6) is 0. The van der Waals surface area contributed by atoms with E-state index in [1.807, 2.05) is 19.1 Å². The van der Waals surface area contributed by atoms with E-state index in [1.54, 1.807) is 42.5 Å². The van der Waals surface area contributed by atoms with E-state index in [9.17, 15) is 26.4 Å². The number of benzene rings is 3. The molecule has 0 atom stereocenters. The third-order valence-electron chi connectivity index (χ3n) is 5.44. The summed E-state index contributed by atoms with van der Waals surface area (Å²) in [6, 6.07) is 19.5. The Kier molecular flexibility index (Phi) is 6.33. The standard InChI is InChI=1S/C25H21F3N2O3S/c1-17-11-12-22-19(13-17)14-20(24(31)29-22)16-30(15-18-7-3-2-4-8-18)34(32,33)23-10-6-5-9-21(23)25(26,27)28/h2-14H,15-16H2,1H3,(H,29,31). The van der Waals surface area contributed by atoms with E-state index >= 15 is 0 Å². The summed E-state index contributed by atoms with van der Waals surface area (Å²) in [4.78, 5) is 14.6. The molecule has 4 aromatic rings. The number of pyridine rings is 1. The quantitative estimate of drug-likeness (QED) is 0.405. The molecule has 0 aliphatic heterocycles. The molecule has 0 saturated carbocycles. The lowest BCUT2D eigenvalue weighted by Gasteiger charge is -2.24. The summed E-state index contributed by atoms with van der Waals surface area (Å²) in [6.07, 6.45) is -4.86. The molecule has 0 radical (unpaired) electrons. The van der Waals surface area contributed by atoms with Crippen LogP contribution in [0.5, 0.6) is 0 Å². The summed E-state index contributed by atoms with van der Waals surface area (Å²) in [5, 5.41) is 0.697. The molecule has 1 N–H and O–H groups in total. The average molecular weight is 487 g/mol. The number of sulfonamides is 1. The highest BCUT2D eigenvalue weighted by Gasteiger charge is 2.39. The van der Waals surface area contributed by atoms with Crippen molar-refractivity contribution in [2.75, 3.05) is 0 Å². The lowest BCUT2D eigenvalue weighted by molar-refractivity contribution is -0.139. The van der Waals surface area contributed by atoms with Crippen molar-refractivity contribution >= 4 is 20.9 Å². The molecule has 0 saturated heterocycles. The van der Waals surface area contributed by atoms with Gasteiger partial charge in [-0.3, -0.25) is 4.79 Å². The Bertz CT molecular complexity index is 1500. The van der Waals surface area contributed by atoms with Crippen LogP contribution >= 0.6 is 0 Å². The zero-order valence-corrected chi connectivity index (χ0v) is 19.0. The number of rotatable bonds is 6. The number of nitrogens with zero attached hydrogens (tertiary/aromatic N) is 1. The Balaban J connectivity index is 1.84. The predicted octanol–water partition coefficient (Wildman–Crippen LogP) is 5.25. The molecule has 1 aromatic heterocycles. The van der Waals surface area contributed by atoms with Crippen LogP contribution in [-0.4, -0.2) is 17.7 Å². The number of nitrogens with one attached hydrogen (secondary N) is 1. The van der Waals surface area contributed by atoms with Crippen molar-refractivity contribution in [2.45, 2.75) is 31.1 Å². The van der Waals surface area contributed by atoms with Crippen molar-refractivity contribution in [3.63, 3.8) is 0 Å². The van der Waals surface area contributed by atoms with Gasteiger partial charge in [-0.1, -0.05) is 54.1 Å². The molecule has 3 aromatic carbocycles. The van der Waals surface area contributed by atoms with Crippen LogP contribution in [0.4, 0.5) is 13.2 Å². The van der Waals surface area contributed by atoms with E-state index in [1.165, 1.54) is 6.07 Å². The highest BCUT2D eigenvalue weighted by atomic mass is 32.2. The van der Waals surface area contributed by atoms with Crippen LogP contribution in [-0.2, 0) is 29.3 Å². The summed E-state index contributed by atoms with van der Waals surface area (Å²) >= 11 is 0. The molecule has 0 spiro atoms.